The van der Waals surface area contributed by atoms with Gasteiger partial charge < -0.3 is 14.5 Å². The van der Waals surface area contributed by atoms with Crippen molar-refractivity contribution in [1.82, 2.24) is 9.55 Å². The summed E-state index contributed by atoms with van der Waals surface area (Å²) in [6.07, 6.45) is 1.94. The Balaban J connectivity index is 1.07. The Morgan fingerprint density at radius 2 is 1.00 bits per heavy atom. The molecule has 0 atom stereocenters. The first-order valence-electron chi connectivity index (χ1n) is 23.7. The molecule has 9 aromatic rings. The van der Waals surface area contributed by atoms with E-state index in [-0.39, 0.29) is 21.7 Å². The highest BCUT2D eigenvalue weighted by molar-refractivity contribution is 6.09. The van der Waals surface area contributed by atoms with E-state index < -0.39 is 0 Å². The van der Waals surface area contributed by atoms with Crippen molar-refractivity contribution >= 4 is 44.6 Å². The average molecular weight is 879 g/mol. The first-order chi connectivity index (χ1) is 32.0. The molecule has 2 aromatic heterocycles. The third kappa shape index (κ3) is 8.05. The van der Waals surface area contributed by atoms with Gasteiger partial charge in [0.05, 0.1) is 22.4 Å². The zero-order chi connectivity index (χ0) is 46.9. The second-order valence-corrected chi connectivity index (χ2v) is 21.5. The van der Waals surface area contributed by atoms with Crippen LogP contribution >= 0.6 is 0 Å². The lowest BCUT2D eigenvalue weighted by Crippen LogP contribution is -2.25. The van der Waals surface area contributed by atoms with Crippen molar-refractivity contribution < 1.29 is 4.74 Å². The summed E-state index contributed by atoms with van der Waals surface area (Å²) >= 11 is 0. The van der Waals surface area contributed by atoms with Gasteiger partial charge in [-0.1, -0.05) is 166 Å². The van der Waals surface area contributed by atoms with Crippen LogP contribution in [0.15, 0.2) is 182 Å². The number of ether oxygens (including phenoxy) is 1. The summed E-state index contributed by atoms with van der Waals surface area (Å²) < 4.78 is 9.33. The molecule has 0 saturated carbocycles. The minimum absolute atomic E-state index is 0.0138. The van der Waals surface area contributed by atoms with Crippen molar-refractivity contribution in [3.8, 4) is 17.3 Å². The summed E-state index contributed by atoms with van der Waals surface area (Å²) in [6.45, 7) is 23.6. The summed E-state index contributed by atoms with van der Waals surface area (Å²) in [7, 11) is 0. The SMILES string of the molecule is CC(C)(C)c1cccc(N2CN(c3cc(Oc4ccc5c6ccccc6n(-c6cc(C(C)(C)c7ccccc7)ccn6)c5c4)cc(C(C)(C)C)c3)c3ccc(C(C)(C)c4ccccc4)cc32)c1. The fourth-order valence-corrected chi connectivity index (χ4v) is 9.83. The van der Waals surface area contributed by atoms with Gasteiger partial charge in [-0.25, -0.2) is 4.98 Å². The molecular formula is C62H62N4O. The van der Waals surface area contributed by atoms with E-state index in [9.17, 15) is 0 Å². The molecule has 336 valence electrons. The van der Waals surface area contributed by atoms with E-state index in [0.29, 0.717) is 6.67 Å². The predicted octanol–water partition coefficient (Wildman–Crippen LogP) is 16.5. The molecule has 5 heteroatoms. The van der Waals surface area contributed by atoms with Gasteiger partial charge in [-0.05, 0) is 111 Å². The monoisotopic (exact) mass is 878 g/mol. The lowest BCUT2D eigenvalue weighted by Gasteiger charge is -2.28. The van der Waals surface area contributed by atoms with Crippen LogP contribution in [0.2, 0.25) is 0 Å². The first kappa shape index (κ1) is 43.8. The molecule has 0 bridgehead atoms. The van der Waals surface area contributed by atoms with Gasteiger partial charge in [0.1, 0.15) is 24.0 Å². The number of pyridine rings is 1. The second kappa shape index (κ2) is 16.3. The number of hydrogen-bond donors (Lipinski definition) is 0. The van der Waals surface area contributed by atoms with Crippen LogP contribution in [0.5, 0.6) is 11.5 Å². The van der Waals surface area contributed by atoms with Gasteiger partial charge in [0.2, 0.25) is 0 Å². The Morgan fingerprint density at radius 1 is 0.403 bits per heavy atom. The number of hydrogen-bond acceptors (Lipinski definition) is 4. The van der Waals surface area contributed by atoms with Gasteiger partial charge in [0, 0.05) is 51.3 Å². The summed E-state index contributed by atoms with van der Waals surface area (Å²) in [5, 5.41) is 2.33. The molecule has 0 fully saturated rings. The van der Waals surface area contributed by atoms with Gasteiger partial charge in [0.15, 0.2) is 0 Å². The number of aromatic nitrogens is 2. The lowest BCUT2D eigenvalue weighted by atomic mass is 9.78. The number of benzene rings is 7. The maximum absolute atomic E-state index is 7.04. The Hall–Kier alpha value is -7.11. The molecule has 0 spiro atoms. The van der Waals surface area contributed by atoms with E-state index in [0.717, 1.165) is 39.4 Å². The lowest BCUT2D eigenvalue weighted by molar-refractivity contribution is 0.479. The van der Waals surface area contributed by atoms with Gasteiger partial charge in [-0.3, -0.25) is 4.57 Å². The van der Waals surface area contributed by atoms with Crippen LogP contribution in [0.3, 0.4) is 0 Å². The van der Waals surface area contributed by atoms with Crippen molar-refractivity contribution in [2.24, 2.45) is 0 Å². The fourth-order valence-electron chi connectivity index (χ4n) is 9.83. The van der Waals surface area contributed by atoms with E-state index in [2.05, 4.69) is 260 Å². The maximum Gasteiger partial charge on any atom is 0.137 e. The molecule has 0 N–H and O–H groups in total. The van der Waals surface area contributed by atoms with Crippen molar-refractivity contribution in [1.29, 1.82) is 0 Å². The Labute approximate surface area is 397 Å². The second-order valence-electron chi connectivity index (χ2n) is 21.5. The average Bonchev–Trinajstić information content (AvgIpc) is 3.87. The molecule has 0 saturated heterocycles. The van der Waals surface area contributed by atoms with Crippen LogP contribution in [-0.2, 0) is 21.7 Å². The summed E-state index contributed by atoms with van der Waals surface area (Å²) in [4.78, 5) is 9.94. The fraction of sp³-hybridized carbons (Fsp3) is 0.242. The van der Waals surface area contributed by atoms with Gasteiger partial charge >= 0.3 is 0 Å². The molecular weight excluding hydrogens is 817 g/mol. The number of rotatable bonds is 9. The van der Waals surface area contributed by atoms with Crippen LogP contribution in [0.1, 0.15) is 103 Å². The van der Waals surface area contributed by atoms with E-state index in [4.69, 9.17) is 9.72 Å². The number of anilines is 4. The van der Waals surface area contributed by atoms with Crippen molar-refractivity contribution in [2.45, 2.75) is 90.9 Å². The largest absolute Gasteiger partial charge is 0.457 e. The number of para-hydroxylation sites is 1. The van der Waals surface area contributed by atoms with Crippen LogP contribution in [-0.4, -0.2) is 16.2 Å². The highest BCUT2D eigenvalue weighted by Crippen LogP contribution is 2.49. The van der Waals surface area contributed by atoms with Gasteiger partial charge in [-0.15, -0.1) is 0 Å². The molecule has 1 aliphatic heterocycles. The van der Waals surface area contributed by atoms with Crippen molar-refractivity contribution in [3.63, 3.8) is 0 Å². The van der Waals surface area contributed by atoms with Crippen LogP contribution in [0, 0.1) is 0 Å². The summed E-state index contributed by atoms with van der Waals surface area (Å²) in [5.74, 6) is 2.44. The summed E-state index contributed by atoms with van der Waals surface area (Å²) in [5.41, 5.74) is 13.8. The number of fused-ring (bicyclic) bond motifs is 4. The first-order valence-corrected chi connectivity index (χ1v) is 23.7. The normalized spacial score (nSPS) is 13.4. The Kier molecular flexibility index (Phi) is 10.7. The summed E-state index contributed by atoms with van der Waals surface area (Å²) in [6, 6.07) is 64.0. The van der Waals surface area contributed by atoms with Crippen molar-refractivity contribution in [3.05, 3.63) is 216 Å². The molecule has 5 nitrogen and oxygen atoms in total. The van der Waals surface area contributed by atoms with E-state index in [1.54, 1.807) is 0 Å². The third-order valence-electron chi connectivity index (χ3n) is 14.2. The third-order valence-corrected chi connectivity index (χ3v) is 14.2. The minimum Gasteiger partial charge on any atom is -0.457 e. The standard InChI is InChI=1S/C62H62N4O/c1-59(2,3)44-24-19-25-48(34-44)64-41-65(55-31-28-45(37-57(55)64)61(7,8)42-20-13-11-14-21-42)49-35-47(60(4,5)6)36-51(39-49)67-50-29-30-53-52-26-17-18-27-54(52)66(56(53)40-50)58-38-46(32-33-63-58)62(9,10)43-22-15-12-16-23-43/h11-40H,41H2,1-10H3. The Bertz CT molecular complexity index is 3280. The maximum atomic E-state index is 7.04. The molecule has 0 radical (unpaired) electrons. The van der Waals surface area contributed by atoms with Crippen molar-refractivity contribution in [2.75, 3.05) is 16.5 Å². The van der Waals surface area contributed by atoms with Crippen LogP contribution in [0.25, 0.3) is 27.6 Å². The molecule has 3 heterocycles. The molecule has 7 aromatic carbocycles. The highest BCUT2D eigenvalue weighted by Gasteiger charge is 2.33. The molecule has 10 rings (SSSR count). The topological polar surface area (TPSA) is 33.5 Å². The molecule has 0 unspecified atom stereocenters. The molecule has 1 aliphatic rings. The molecule has 0 amide bonds. The molecule has 67 heavy (non-hydrogen) atoms. The quantitative estimate of drug-likeness (QED) is 0.145. The highest BCUT2D eigenvalue weighted by atomic mass is 16.5. The van der Waals surface area contributed by atoms with E-state index in [1.807, 2.05) is 6.20 Å². The molecule has 0 aliphatic carbocycles. The smallest absolute Gasteiger partial charge is 0.137 e. The van der Waals surface area contributed by atoms with Crippen LogP contribution in [0.4, 0.5) is 22.7 Å². The van der Waals surface area contributed by atoms with E-state index >= 15 is 0 Å². The number of nitrogens with zero attached hydrogens (tertiary/aromatic N) is 4. The Morgan fingerprint density at radius 3 is 1.69 bits per heavy atom. The predicted molar refractivity (Wildman–Crippen MR) is 282 cm³/mol. The van der Waals surface area contributed by atoms with Gasteiger partial charge in [-0.2, -0.15) is 0 Å². The zero-order valence-corrected chi connectivity index (χ0v) is 40.7. The van der Waals surface area contributed by atoms with E-state index in [1.165, 1.54) is 55.8 Å². The zero-order valence-electron chi connectivity index (χ0n) is 40.7. The minimum atomic E-state index is -0.216. The van der Waals surface area contributed by atoms with Gasteiger partial charge in [0.25, 0.3) is 0 Å². The van der Waals surface area contributed by atoms with Crippen LogP contribution < -0.4 is 14.5 Å².